The molecular formula is C10H17N. The molecule has 0 heterocycles. The highest BCUT2D eigenvalue weighted by molar-refractivity contribution is 5.58. The van der Waals surface area contributed by atoms with Crippen molar-refractivity contribution in [2.75, 3.05) is 0 Å². The van der Waals surface area contributed by atoms with Gasteiger partial charge in [0, 0.05) is 6.04 Å². The van der Waals surface area contributed by atoms with Gasteiger partial charge in [0.1, 0.15) is 0 Å². The molecule has 2 atom stereocenters. The summed E-state index contributed by atoms with van der Waals surface area (Å²) < 4.78 is 0. The molecule has 0 aliphatic heterocycles. The average Bonchev–Trinajstić information content (AvgIpc) is 2.79. The van der Waals surface area contributed by atoms with Crippen molar-refractivity contribution >= 4 is 6.21 Å². The predicted molar refractivity (Wildman–Crippen MR) is 48.0 cm³/mol. The topological polar surface area (TPSA) is 12.4 Å². The largest absolute Gasteiger partial charge is 0.294 e. The van der Waals surface area contributed by atoms with Gasteiger partial charge in [0.2, 0.25) is 0 Å². The van der Waals surface area contributed by atoms with E-state index in [4.69, 9.17) is 0 Å². The first-order valence-electron chi connectivity index (χ1n) is 4.91. The maximum atomic E-state index is 4.46. The van der Waals surface area contributed by atoms with Crippen LogP contribution in [0.3, 0.4) is 0 Å². The van der Waals surface area contributed by atoms with E-state index in [1.807, 2.05) is 0 Å². The van der Waals surface area contributed by atoms with E-state index in [0.717, 1.165) is 17.9 Å². The molecule has 2 rings (SSSR count). The molecule has 0 amide bonds. The van der Waals surface area contributed by atoms with E-state index in [-0.39, 0.29) is 0 Å². The van der Waals surface area contributed by atoms with Crippen molar-refractivity contribution in [1.82, 2.24) is 0 Å². The number of nitrogens with zero attached hydrogens (tertiary/aromatic N) is 1. The summed E-state index contributed by atoms with van der Waals surface area (Å²) in [5.41, 5.74) is 0. The summed E-state index contributed by atoms with van der Waals surface area (Å²) >= 11 is 0. The molecule has 0 bridgehead atoms. The van der Waals surface area contributed by atoms with Gasteiger partial charge in [-0.2, -0.15) is 0 Å². The van der Waals surface area contributed by atoms with Gasteiger partial charge >= 0.3 is 0 Å². The Kier molecular flexibility index (Phi) is 1.97. The molecule has 0 aromatic heterocycles. The molecule has 2 unspecified atom stereocenters. The van der Waals surface area contributed by atoms with Crippen LogP contribution in [-0.2, 0) is 0 Å². The lowest BCUT2D eigenvalue weighted by Gasteiger charge is -1.89. The van der Waals surface area contributed by atoms with Crippen LogP contribution in [0.15, 0.2) is 4.99 Å². The van der Waals surface area contributed by atoms with E-state index in [9.17, 15) is 0 Å². The zero-order valence-electron chi connectivity index (χ0n) is 7.29. The second kappa shape index (κ2) is 2.96. The first-order valence-corrected chi connectivity index (χ1v) is 4.91. The minimum absolute atomic E-state index is 0.730. The third-order valence-corrected chi connectivity index (χ3v) is 2.86. The smallest absolute Gasteiger partial charge is 0.0497 e. The van der Waals surface area contributed by atoms with Gasteiger partial charge in [0.05, 0.1) is 0 Å². The molecule has 0 aromatic rings. The number of aliphatic imine (C=N–C) groups is 1. The van der Waals surface area contributed by atoms with Gasteiger partial charge in [-0.1, -0.05) is 13.3 Å². The van der Waals surface area contributed by atoms with E-state index in [0.29, 0.717) is 0 Å². The molecule has 0 saturated heterocycles. The van der Waals surface area contributed by atoms with Gasteiger partial charge in [-0.25, -0.2) is 0 Å². The van der Waals surface area contributed by atoms with Gasteiger partial charge in [-0.15, -0.1) is 0 Å². The summed E-state index contributed by atoms with van der Waals surface area (Å²) in [6, 6.07) is 0.730. The van der Waals surface area contributed by atoms with Crippen LogP contribution in [0.2, 0.25) is 0 Å². The Bertz CT molecular complexity index is 158. The monoisotopic (exact) mass is 151 g/mol. The highest BCUT2D eigenvalue weighted by Gasteiger charge is 2.34. The first kappa shape index (κ1) is 7.33. The fourth-order valence-electron chi connectivity index (χ4n) is 1.67. The Hall–Kier alpha value is -0.330. The van der Waals surface area contributed by atoms with Crippen molar-refractivity contribution in [1.29, 1.82) is 0 Å². The fourth-order valence-corrected chi connectivity index (χ4v) is 1.67. The van der Waals surface area contributed by atoms with E-state index < -0.39 is 0 Å². The third kappa shape index (κ3) is 2.05. The van der Waals surface area contributed by atoms with Crippen molar-refractivity contribution < 1.29 is 0 Å². The standard InChI is InChI=1S/C10H17N/c1-2-8-7-9(8)5-6-11-10-3-4-10/h6,8-10H,2-5,7H2,1H3/b11-6+. The molecular weight excluding hydrogens is 134 g/mol. The summed E-state index contributed by atoms with van der Waals surface area (Å²) in [6.45, 7) is 2.29. The zero-order valence-corrected chi connectivity index (χ0v) is 7.29. The lowest BCUT2D eigenvalue weighted by Crippen LogP contribution is -1.84. The Labute approximate surface area is 68.9 Å². The van der Waals surface area contributed by atoms with Gasteiger partial charge in [0.25, 0.3) is 0 Å². The predicted octanol–water partition coefficient (Wildman–Crippen LogP) is 2.66. The molecule has 2 fully saturated rings. The van der Waals surface area contributed by atoms with Crippen molar-refractivity contribution in [3.63, 3.8) is 0 Å². The lowest BCUT2D eigenvalue weighted by molar-refractivity contribution is 0.702. The molecule has 0 aromatic carbocycles. The Balaban J connectivity index is 1.60. The zero-order chi connectivity index (χ0) is 7.68. The van der Waals surface area contributed by atoms with Gasteiger partial charge < -0.3 is 0 Å². The summed E-state index contributed by atoms with van der Waals surface area (Å²) in [5, 5.41) is 0. The Morgan fingerprint density at radius 2 is 2.18 bits per heavy atom. The molecule has 2 aliphatic rings. The van der Waals surface area contributed by atoms with E-state index in [1.165, 1.54) is 32.1 Å². The molecule has 0 N–H and O–H groups in total. The van der Waals surface area contributed by atoms with Crippen molar-refractivity contribution in [2.24, 2.45) is 16.8 Å². The van der Waals surface area contributed by atoms with Crippen LogP contribution < -0.4 is 0 Å². The van der Waals surface area contributed by atoms with E-state index >= 15 is 0 Å². The number of hydrogen-bond donors (Lipinski definition) is 0. The third-order valence-electron chi connectivity index (χ3n) is 2.86. The summed E-state index contributed by atoms with van der Waals surface area (Å²) in [4.78, 5) is 4.46. The van der Waals surface area contributed by atoms with Crippen LogP contribution in [0.4, 0.5) is 0 Å². The lowest BCUT2D eigenvalue weighted by atomic mass is 10.2. The maximum absolute atomic E-state index is 4.46. The molecule has 2 aliphatic carbocycles. The maximum Gasteiger partial charge on any atom is 0.0497 e. The molecule has 62 valence electrons. The normalized spacial score (nSPS) is 36.5. The average molecular weight is 151 g/mol. The van der Waals surface area contributed by atoms with E-state index in [1.54, 1.807) is 0 Å². The second-order valence-corrected chi connectivity index (χ2v) is 3.96. The van der Waals surface area contributed by atoms with Crippen LogP contribution in [0.1, 0.15) is 39.0 Å². The van der Waals surface area contributed by atoms with Crippen LogP contribution in [0, 0.1) is 11.8 Å². The van der Waals surface area contributed by atoms with Gasteiger partial charge in [-0.3, -0.25) is 4.99 Å². The van der Waals surface area contributed by atoms with Crippen molar-refractivity contribution in [2.45, 2.75) is 45.1 Å². The minimum Gasteiger partial charge on any atom is -0.294 e. The highest BCUT2D eigenvalue weighted by Crippen LogP contribution is 2.42. The van der Waals surface area contributed by atoms with Crippen LogP contribution in [-0.4, -0.2) is 12.3 Å². The second-order valence-electron chi connectivity index (χ2n) is 3.96. The summed E-state index contributed by atoms with van der Waals surface area (Å²) in [7, 11) is 0. The highest BCUT2D eigenvalue weighted by atomic mass is 14.8. The fraction of sp³-hybridized carbons (Fsp3) is 0.900. The SMILES string of the molecule is CCC1CC1C/C=N/C1CC1. The molecule has 0 spiro atoms. The summed E-state index contributed by atoms with van der Waals surface area (Å²) in [5.74, 6) is 2.04. The van der Waals surface area contributed by atoms with Gasteiger partial charge in [0.15, 0.2) is 0 Å². The molecule has 1 heteroatoms. The van der Waals surface area contributed by atoms with Gasteiger partial charge in [-0.05, 0) is 43.7 Å². The number of hydrogen-bond acceptors (Lipinski definition) is 1. The molecule has 11 heavy (non-hydrogen) atoms. The van der Waals surface area contributed by atoms with Crippen LogP contribution in [0.5, 0.6) is 0 Å². The Morgan fingerprint density at radius 3 is 2.73 bits per heavy atom. The molecule has 1 nitrogen and oxygen atoms in total. The summed E-state index contributed by atoms with van der Waals surface area (Å²) in [6.07, 6.45) is 8.97. The van der Waals surface area contributed by atoms with Crippen LogP contribution >= 0.6 is 0 Å². The minimum atomic E-state index is 0.730. The molecule has 2 saturated carbocycles. The van der Waals surface area contributed by atoms with Crippen molar-refractivity contribution in [3.8, 4) is 0 Å². The first-order chi connectivity index (χ1) is 5.40. The quantitative estimate of drug-likeness (QED) is 0.548. The molecule has 0 radical (unpaired) electrons. The number of rotatable bonds is 4. The van der Waals surface area contributed by atoms with Crippen molar-refractivity contribution in [3.05, 3.63) is 0 Å². The van der Waals surface area contributed by atoms with E-state index in [2.05, 4.69) is 18.1 Å². The Morgan fingerprint density at radius 1 is 1.36 bits per heavy atom. The van der Waals surface area contributed by atoms with Crippen LogP contribution in [0.25, 0.3) is 0 Å².